The first-order valence-electron chi connectivity index (χ1n) is 10.6. The molecule has 0 radical (unpaired) electrons. The molecule has 7 heteroatoms. The van der Waals surface area contributed by atoms with E-state index < -0.39 is 0 Å². The first kappa shape index (κ1) is 19.5. The summed E-state index contributed by atoms with van der Waals surface area (Å²) in [5, 5.41) is 4.23. The Labute approximate surface area is 181 Å². The van der Waals surface area contributed by atoms with Gasteiger partial charge in [0.1, 0.15) is 5.65 Å². The second kappa shape index (κ2) is 8.00. The molecule has 158 valence electrons. The fraction of sp³-hybridized carbons (Fsp3) is 0.292. The highest BCUT2D eigenvalue weighted by Gasteiger charge is 2.23. The molecule has 1 saturated heterocycles. The summed E-state index contributed by atoms with van der Waals surface area (Å²) in [5.41, 5.74) is 6.18. The lowest BCUT2D eigenvalue weighted by molar-refractivity contribution is 0.0626. The fourth-order valence-electron chi connectivity index (χ4n) is 4.19. The highest BCUT2D eigenvalue weighted by Crippen LogP contribution is 2.18. The molecular weight excluding hydrogens is 388 g/mol. The van der Waals surface area contributed by atoms with Crippen molar-refractivity contribution >= 4 is 11.6 Å². The maximum absolute atomic E-state index is 13.0. The molecule has 1 aliphatic rings. The molecular formula is C24H26N6O. The SMILES string of the molecule is Cc1ccn2c(CN3CCN(C(=O)c4ccc(-n5cccn5)cc4)CC3)c(C)nc2c1. The van der Waals surface area contributed by atoms with Gasteiger partial charge >= 0.3 is 0 Å². The maximum Gasteiger partial charge on any atom is 0.253 e. The second-order valence-electron chi connectivity index (χ2n) is 8.14. The minimum absolute atomic E-state index is 0.0909. The first-order chi connectivity index (χ1) is 15.1. The lowest BCUT2D eigenvalue weighted by Crippen LogP contribution is -2.48. The molecule has 0 bridgehead atoms. The Morgan fingerprint density at radius 1 is 1.00 bits per heavy atom. The van der Waals surface area contributed by atoms with Crippen molar-refractivity contribution in [3.8, 4) is 5.69 Å². The average Bonchev–Trinajstić information content (AvgIpc) is 3.42. The molecule has 5 rings (SSSR count). The molecule has 1 aromatic carbocycles. The van der Waals surface area contributed by atoms with Crippen LogP contribution in [0, 0.1) is 13.8 Å². The minimum atomic E-state index is 0.0909. The molecule has 0 aliphatic carbocycles. The summed E-state index contributed by atoms with van der Waals surface area (Å²) in [5.74, 6) is 0.0909. The van der Waals surface area contributed by atoms with E-state index in [0.29, 0.717) is 0 Å². The van der Waals surface area contributed by atoms with Gasteiger partial charge in [-0.1, -0.05) is 0 Å². The molecule has 1 fully saturated rings. The van der Waals surface area contributed by atoms with E-state index in [4.69, 9.17) is 4.98 Å². The van der Waals surface area contributed by atoms with Crippen molar-refractivity contribution in [1.29, 1.82) is 0 Å². The smallest absolute Gasteiger partial charge is 0.253 e. The lowest BCUT2D eigenvalue weighted by atomic mass is 10.1. The number of piperazine rings is 1. The number of fused-ring (bicyclic) bond motifs is 1. The van der Waals surface area contributed by atoms with Gasteiger partial charge in [0.2, 0.25) is 0 Å². The first-order valence-corrected chi connectivity index (χ1v) is 10.6. The number of carbonyl (C=O) groups excluding carboxylic acids is 1. The van der Waals surface area contributed by atoms with Crippen LogP contribution in [0.2, 0.25) is 0 Å². The second-order valence-corrected chi connectivity index (χ2v) is 8.14. The number of imidazole rings is 1. The minimum Gasteiger partial charge on any atom is -0.336 e. The van der Waals surface area contributed by atoms with Gasteiger partial charge in [0, 0.05) is 56.9 Å². The summed E-state index contributed by atoms with van der Waals surface area (Å²) in [6, 6.07) is 13.8. The highest BCUT2D eigenvalue weighted by molar-refractivity contribution is 5.94. The van der Waals surface area contributed by atoms with Crippen LogP contribution in [0.25, 0.3) is 11.3 Å². The van der Waals surface area contributed by atoms with Crippen LogP contribution in [0.15, 0.2) is 61.1 Å². The van der Waals surface area contributed by atoms with Crippen molar-refractivity contribution in [3.05, 3.63) is 83.6 Å². The number of hydrogen-bond acceptors (Lipinski definition) is 4. The number of benzene rings is 1. The van der Waals surface area contributed by atoms with Crippen LogP contribution >= 0.6 is 0 Å². The number of aryl methyl sites for hydroxylation is 2. The Morgan fingerprint density at radius 2 is 1.77 bits per heavy atom. The topological polar surface area (TPSA) is 58.7 Å². The Kier molecular flexibility index (Phi) is 5.03. The number of amides is 1. The predicted molar refractivity (Wildman–Crippen MR) is 119 cm³/mol. The number of carbonyl (C=O) groups is 1. The van der Waals surface area contributed by atoms with Crippen molar-refractivity contribution in [1.82, 2.24) is 29.0 Å². The molecule has 0 unspecified atom stereocenters. The van der Waals surface area contributed by atoms with E-state index in [0.717, 1.165) is 55.3 Å². The normalized spacial score (nSPS) is 15.0. The van der Waals surface area contributed by atoms with Gasteiger partial charge in [0.15, 0.2) is 0 Å². The summed E-state index contributed by atoms with van der Waals surface area (Å²) in [7, 11) is 0. The Hall–Kier alpha value is -3.45. The van der Waals surface area contributed by atoms with E-state index in [2.05, 4.69) is 46.6 Å². The highest BCUT2D eigenvalue weighted by atomic mass is 16.2. The van der Waals surface area contributed by atoms with Crippen LogP contribution in [-0.2, 0) is 6.54 Å². The number of nitrogens with zero attached hydrogens (tertiary/aromatic N) is 6. The van der Waals surface area contributed by atoms with E-state index in [1.54, 1.807) is 10.9 Å². The van der Waals surface area contributed by atoms with Gasteiger partial charge in [-0.3, -0.25) is 9.69 Å². The summed E-state index contributed by atoms with van der Waals surface area (Å²) >= 11 is 0. The quantitative estimate of drug-likeness (QED) is 0.515. The zero-order chi connectivity index (χ0) is 21.4. The average molecular weight is 415 g/mol. The van der Waals surface area contributed by atoms with E-state index in [9.17, 15) is 4.79 Å². The Balaban J connectivity index is 1.22. The Morgan fingerprint density at radius 3 is 2.48 bits per heavy atom. The third-order valence-electron chi connectivity index (χ3n) is 6.00. The monoisotopic (exact) mass is 414 g/mol. The molecule has 0 saturated carbocycles. The van der Waals surface area contributed by atoms with Crippen molar-refractivity contribution in [3.63, 3.8) is 0 Å². The molecule has 0 atom stereocenters. The van der Waals surface area contributed by atoms with Crippen LogP contribution in [0.1, 0.15) is 27.3 Å². The van der Waals surface area contributed by atoms with E-state index in [-0.39, 0.29) is 5.91 Å². The predicted octanol–water partition coefficient (Wildman–Crippen LogP) is 3.09. The van der Waals surface area contributed by atoms with Gasteiger partial charge in [-0.25, -0.2) is 9.67 Å². The summed E-state index contributed by atoms with van der Waals surface area (Å²) in [6.45, 7) is 8.18. The summed E-state index contributed by atoms with van der Waals surface area (Å²) < 4.78 is 3.97. The van der Waals surface area contributed by atoms with Crippen LogP contribution in [0.5, 0.6) is 0 Å². The molecule has 0 spiro atoms. The molecule has 4 aromatic rings. The van der Waals surface area contributed by atoms with E-state index in [1.807, 2.05) is 41.4 Å². The van der Waals surface area contributed by atoms with Crippen molar-refractivity contribution < 1.29 is 4.79 Å². The van der Waals surface area contributed by atoms with Crippen molar-refractivity contribution in [2.24, 2.45) is 0 Å². The largest absolute Gasteiger partial charge is 0.336 e. The van der Waals surface area contributed by atoms with Gasteiger partial charge in [-0.2, -0.15) is 5.10 Å². The summed E-state index contributed by atoms with van der Waals surface area (Å²) in [4.78, 5) is 22.0. The third-order valence-corrected chi connectivity index (χ3v) is 6.00. The molecule has 4 heterocycles. The van der Waals surface area contributed by atoms with Gasteiger partial charge in [0.05, 0.1) is 17.1 Å². The van der Waals surface area contributed by atoms with E-state index >= 15 is 0 Å². The third kappa shape index (κ3) is 3.84. The van der Waals surface area contributed by atoms with E-state index in [1.165, 1.54) is 11.3 Å². The molecule has 0 N–H and O–H groups in total. The fourth-order valence-corrected chi connectivity index (χ4v) is 4.19. The number of rotatable bonds is 4. The van der Waals surface area contributed by atoms with Crippen LogP contribution in [0.4, 0.5) is 0 Å². The van der Waals surface area contributed by atoms with Gasteiger partial charge in [0.25, 0.3) is 5.91 Å². The molecule has 1 aliphatic heterocycles. The zero-order valence-corrected chi connectivity index (χ0v) is 17.9. The number of pyridine rings is 1. The van der Waals surface area contributed by atoms with Crippen molar-refractivity contribution in [2.45, 2.75) is 20.4 Å². The molecule has 1 amide bonds. The lowest BCUT2D eigenvalue weighted by Gasteiger charge is -2.34. The van der Waals surface area contributed by atoms with Gasteiger partial charge in [-0.05, 0) is 61.9 Å². The zero-order valence-electron chi connectivity index (χ0n) is 17.9. The summed E-state index contributed by atoms with van der Waals surface area (Å²) in [6.07, 6.45) is 5.74. The van der Waals surface area contributed by atoms with Gasteiger partial charge in [-0.15, -0.1) is 0 Å². The molecule has 7 nitrogen and oxygen atoms in total. The molecule has 31 heavy (non-hydrogen) atoms. The van der Waals surface area contributed by atoms with Crippen molar-refractivity contribution in [2.75, 3.05) is 26.2 Å². The van der Waals surface area contributed by atoms with Gasteiger partial charge < -0.3 is 9.30 Å². The van der Waals surface area contributed by atoms with Crippen LogP contribution in [0.3, 0.4) is 0 Å². The molecule has 3 aromatic heterocycles. The Bertz CT molecular complexity index is 1200. The number of aromatic nitrogens is 4. The van der Waals surface area contributed by atoms with Crippen LogP contribution in [-0.4, -0.2) is 61.1 Å². The standard InChI is InChI=1S/C24H26N6O/c1-18-8-11-29-22(19(2)26-23(29)16-18)17-27-12-14-28(15-13-27)24(31)20-4-6-21(7-5-20)30-10-3-9-25-30/h3-11,16H,12-15,17H2,1-2H3. The number of hydrogen-bond donors (Lipinski definition) is 0. The maximum atomic E-state index is 13.0. The van der Waals surface area contributed by atoms with Crippen LogP contribution < -0.4 is 0 Å².